The first-order valence-corrected chi connectivity index (χ1v) is 10.1. The Hall–Kier alpha value is -2.09. The summed E-state index contributed by atoms with van der Waals surface area (Å²) >= 11 is 0. The van der Waals surface area contributed by atoms with Gasteiger partial charge in [0, 0.05) is 11.4 Å². The van der Waals surface area contributed by atoms with Crippen molar-refractivity contribution in [2.24, 2.45) is 5.73 Å². The average Bonchev–Trinajstić information content (AvgIpc) is 3.05. The van der Waals surface area contributed by atoms with E-state index in [1.54, 1.807) is 43.3 Å². The molecule has 1 aliphatic rings. The minimum atomic E-state index is -3.77. The van der Waals surface area contributed by atoms with Crippen molar-refractivity contribution in [2.45, 2.75) is 43.0 Å². The first kappa shape index (κ1) is 21.2. The zero-order valence-corrected chi connectivity index (χ0v) is 16.7. The third kappa shape index (κ3) is 4.80. The Morgan fingerprint density at radius 2 is 1.67 bits per heavy atom. The van der Waals surface area contributed by atoms with Gasteiger partial charge in [-0.15, -0.1) is 12.4 Å². The predicted molar refractivity (Wildman–Crippen MR) is 110 cm³/mol. The normalized spacial score (nSPS) is 15.6. The highest BCUT2D eigenvalue weighted by Gasteiger charge is 2.37. The number of rotatable bonds is 5. The number of aryl methyl sites for hydroxylation is 1. The minimum Gasteiger partial charge on any atom is -0.324 e. The van der Waals surface area contributed by atoms with Gasteiger partial charge in [0.1, 0.15) is 0 Å². The molecule has 3 rings (SSSR count). The second-order valence-corrected chi connectivity index (χ2v) is 8.42. The zero-order valence-electron chi connectivity index (χ0n) is 15.1. The van der Waals surface area contributed by atoms with E-state index in [1.807, 2.05) is 6.07 Å². The van der Waals surface area contributed by atoms with Gasteiger partial charge in [0.15, 0.2) is 0 Å². The Morgan fingerprint density at radius 3 is 2.30 bits per heavy atom. The molecule has 27 heavy (non-hydrogen) atoms. The van der Waals surface area contributed by atoms with Crippen LogP contribution in [0, 0.1) is 6.92 Å². The second kappa shape index (κ2) is 8.29. The topological polar surface area (TPSA) is 101 Å². The van der Waals surface area contributed by atoms with Gasteiger partial charge >= 0.3 is 0 Å². The third-order valence-electron chi connectivity index (χ3n) is 4.71. The molecule has 1 amide bonds. The highest BCUT2D eigenvalue weighted by atomic mass is 35.5. The number of sulfonamides is 1. The number of hydrogen-bond acceptors (Lipinski definition) is 4. The molecular weight excluding hydrogens is 386 g/mol. The Labute approximate surface area is 166 Å². The lowest BCUT2D eigenvalue weighted by molar-refractivity contribution is -0.121. The SMILES string of the molecule is Cc1ccc(NC(=O)C2(N)CCCC2)cc1S(=O)(=O)Nc1ccccc1.Cl. The highest BCUT2D eigenvalue weighted by molar-refractivity contribution is 7.92. The molecule has 0 radical (unpaired) electrons. The summed E-state index contributed by atoms with van der Waals surface area (Å²) in [6.45, 7) is 1.71. The maximum Gasteiger partial charge on any atom is 0.262 e. The zero-order chi connectivity index (χ0) is 18.8. The Bertz CT molecular complexity index is 911. The van der Waals surface area contributed by atoms with E-state index in [4.69, 9.17) is 5.73 Å². The van der Waals surface area contributed by atoms with Gasteiger partial charge in [-0.1, -0.05) is 37.1 Å². The Morgan fingerprint density at radius 1 is 1.04 bits per heavy atom. The van der Waals surface area contributed by atoms with Crippen molar-refractivity contribution in [3.05, 3.63) is 54.1 Å². The molecule has 4 N–H and O–H groups in total. The van der Waals surface area contributed by atoms with Gasteiger partial charge in [-0.2, -0.15) is 0 Å². The average molecular weight is 410 g/mol. The number of nitrogens with two attached hydrogens (primary N) is 1. The van der Waals surface area contributed by atoms with Crippen molar-refractivity contribution >= 4 is 39.7 Å². The molecule has 1 aliphatic carbocycles. The molecule has 0 bridgehead atoms. The molecule has 0 spiro atoms. The molecule has 8 heteroatoms. The van der Waals surface area contributed by atoms with Crippen LogP contribution in [-0.2, 0) is 14.8 Å². The molecule has 1 saturated carbocycles. The summed E-state index contributed by atoms with van der Waals surface area (Å²) in [4.78, 5) is 12.6. The van der Waals surface area contributed by atoms with E-state index < -0.39 is 15.6 Å². The summed E-state index contributed by atoms with van der Waals surface area (Å²) in [7, 11) is -3.77. The fourth-order valence-corrected chi connectivity index (χ4v) is 4.50. The number of halogens is 1. The van der Waals surface area contributed by atoms with Crippen LogP contribution in [-0.4, -0.2) is 19.9 Å². The summed E-state index contributed by atoms with van der Waals surface area (Å²) in [5.41, 5.74) is 6.79. The van der Waals surface area contributed by atoms with Crippen LogP contribution in [0.2, 0.25) is 0 Å². The molecule has 1 fully saturated rings. The number of anilines is 2. The molecular formula is C19H24ClN3O3S. The molecule has 2 aromatic rings. The van der Waals surface area contributed by atoms with Crippen LogP contribution in [0.4, 0.5) is 11.4 Å². The van der Waals surface area contributed by atoms with E-state index in [0.29, 0.717) is 29.8 Å². The van der Waals surface area contributed by atoms with Gasteiger partial charge in [-0.05, 0) is 49.6 Å². The number of carbonyl (C=O) groups excluding carboxylic acids is 1. The largest absolute Gasteiger partial charge is 0.324 e. The molecule has 6 nitrogen and oxygen atoms in total. The van der Waals surface area contributed by atoms with E-state index in [2.05, 4.69) is 10.0 Å². The van der Waals surface area contributed by atoms with E-state index in [-0.39, 0.29) is 23.2 Å². The molecule has 2 aromatic carbocycles. The maximum absolute atomic E-state index is 12.7. The number of amides is 1. The van der Waals surface area contributed by atoms with E-state index >= 15 is 0 Å². The third-order valence-corrected chi connectivity index (χ3v) is 6.23. The van der Waals surface area contributed by atoms with Crippen molar-refractivity contribution < 1.29 is 13.2 Å². The van der Waals surface area contributed by atoms with Crippen molar-refractivity contribution in [3.8, 4) is 0 Å². The van der Waals surface area contributed by atoms with Crippen LogP contribution in [0.1, 0.15) is 31.2 Å². The summed E-state index contributed by atoms with van der Waals surface area (Å²) in [5, 5.41) is 2.77. The molecule has 146 valence electrons. The van der Waals surface area contributed by atoms with Crippen LogP contribution in [0.25, 0.3) is 0 Å². The van der Waals surface area contributed by atoms with Crippen molar-refractivity contribution in [2.75, 3.05) is 10.0 Å². The highest BCUT2D eigenvalue weighted by Crippen LogP contribution is 2.29. The Kier molecular flexibility index (Phi) is 6.51. The summed E-state index contributed by atoms with van der Waals surface area (Å²) in [6, 6.07) is 13.5. The van der Waals surface area contributed by atoms with Crippen LogP contribution in [0.3, 0.4) is 0 Å². The van der Waals surface area contributed by atoms with Crippen LogP contribution in [0.5, 0.6) is 0 Å². The lowest BCUT2D eigenvalue weighted by Crippen LogP contribution is -2.48. The number of para-hydroxylation sites is 1. The van der Waals surface area contributed by atoms with Gasteiger partial charge in [-0.25, -0.2) is 8.42 Å². The summed E-state index contributed by atoms with van der Waals surface area (Å²) < 4.78 is 28.0. The lowest BCUT2D eigenvalue weighted by Gasteiger charge is -2.22. The fraction of sp³-hybridized carbons (Fsp3) is 0.316. The number of hydrogen-bond donors (Lipinski definition) is 3. The van der Waals surface area contributed by atoms with Crippen molar-refractivity contribution in [3.63, 3.8) is 0 Å². The summed E-state index contributed by atoms with van der Waals surface area (Å²) in [5.74, 6) is -0.266. The maximum atomic E-state index is 12.7. The number of carbonyl (C=O) groups is 1. The van der Waals surface area contributed by atoms with Crippen LogP contribution >= 0.6 is 12.4 Å². The fourth-order valence-electron chi connectivity index (χ4n) is 3.17. The molecule has 0 heterocycles. The minimum absolute atomic E-state index is 0. The first-order chi connectivity index (χ1) is 12.3. The molecule has 0 saturated heterocycles. The van der Waals surface area contributed by atoms with Crippen LogP contribution in [0.15, 0.2) is 53.4 Å². The standard InChI is InChI=1S/C19H23N3O3S.ClH/c1-14-9-10-16(21-18(23)19(20)11-5-6-12-19)13-17(14)26(24,25)22-15-7-3-2-4-8-15;/h2-4,7-10,13,22H,5-6,11-12,20H2,1H3,(H,21,23);1H. The van der Waals surface area contributed by atoms with E-state index in [9.17, 15) is 13.2 Å². The monoisotopic (exact) mass is 409 g/mol. The quantitative estimate of drug-likeness (QED) is 0.704. The smallest absolute Gasteiger partial charge is 0.262 e. The van der Waals surface area contributed by atoms with E-state index in [1.165, 1.54) is 6.07 Å². The van der Waals surface area contributed by atoms with Gasteiger partial charge < -0.3 is 11.1 Å². The van der Waals surface area contributed by atoms with Gasteiger partial charge in [0.05, 0.1) is 10.4 Å². The molecule has 0 aliphatic heterocycles. The number of nitrogens with one attached hydrogen (secondary N) is 2. The Balaban J connectivity index is 0.00000261. The predicted octanol–water partition coefficient (Wildman–Crippen LogP) is 3.43. The van der Waals surface area contributed by atoms with E-state index in [0.717, 1.165) is 12.8 Å². The van der Waals surface area contributed by atoms with Crippen molar-refractivity contribution in [1.29, 1.82) is 0 Å². The molecule has 0 unspecified atom stereocenters. The van der Waals surface area contributed by atoms with Crippen LogP contribution < -0.4 is 15.8 Å². The molecule has 0 atom stereocenters. The van der Waals surface area contributed by atoms with Gasteiger partial charge in [0.25, 0.3) is 10.0 Å². The van der Waals surface area contributed by atoms with Crippen molar-refractivity contribution in [1.82, 2.24) is 0 Å². The second-order valence-electron chi connectivity index (χ2n) is 6.77. The number of benzene rings is 2. The lowest BCUT2D eigenvalue weighted by atomic mass is 9.98. The first-order valence-electron chi connectivity index (χ1n) is 8.59. The molecule has 0 aromatic heterocycles. The van der Waals surface area contributed by atoms with Gasteiger partial charge in [0.2, 0.25) is 5.91 Å². The summed E-state index contributed by atoms with van der Waals surface area (Å²) in [6.07, 6.45) is 3.15. The van der Waals surface area contributed by atoms with Gasteiger partial charge in [-0.3, -0.25) is 9.52 Å².